The van der Waals surface area contributed by atoms with Crippen LogP contribution in [0.3, 0.4) is 0 Å². The molecule has 7 heteroatoms. The zero-order chi connectivity index (χ0) is 18.4. The van der Waals surface area contributed by atoms with Crippen molar-refractivity contribution in [2.75, 3.05) is 26.7 Å². The summed E-state index contributed by atoms with van der Waals surface area (Å²) in [7, 11) is -1.92. The van der Waals surface area contributed by atoms with Gasteiger partial charge in [-0.15, -0.1) is 0 Å². The first kappa shape index (κ1) is 16.9. The molecule has 134 valence electrons. The highest BCUT2D eigenvalue weighted by molar-refractivity contribution is 7.89. The van der Waals surface area contributed by atoms with E-state index in [0.29, 0.717) is 24.5 Å². The molecule has 6 nitrogen and oxygen atoms in total. The average Bonchev–Trinajstić information content (AvgIpc) is 2.60. The molecule has 0 aromatic heterocycles. The monoisotopic (exact) mass is 369 g/mol. The molecule has 2 aliphatic rings. The van der Waals surface area contributed by atoms with Crippen LogP contribution < -0.4 is 4.74 Å². The molecule has 0 amide bonds. The van der Waals surface area contributed by atoms with Gasteiger partial charge in [0, 0.05) is 19.6 Å². The summed E-state index contributed by atoms with van der Waals surface area (Å²) in [4.78, 5) is 1.88. The first-order valence-electron chi connectivity index (χ1n) is 8.41. The van der Waals surface area contributed by atoms with Crippen LogP contribution >= 0.6 is 0 Å². The molecule has 0 saturated carbocycles. The lowest BCUT2D eigenvalue weighted by Gasteiger charge is -2.59. The number of sulfonamides is 1. The largest absolute Gasteiger partial charge is 0.497 e. The standard InChI is InChI=1S/C19H19N3O3S/c1-25-17-4-2-3-16(11-17)15-5-7-18(8-6-15)26(23,24)22-10-9-19(22)12-21(13-19)14-20/h2-8,11H,9-10,12-13H2,1H3. The third-order valence-corrected chi connectivity index (χ3v) is 7.28. The number of methoxy groups -OCH3 is 1. The highest BCUT2D eigenvalue weighted by Gasteiger charge is 2.58. The number of ether oxygens (including phenoxy) is 1. The topological polar surface area (TPSA) is 73.6 Å². The third kappa shape index (κ3) is 2.54. The lowest BCUT2D eigenvalue weighted by molar-refractivity contribution is -0.0450. The van der Waals surface area contributed by atoms with E-state index in [-0.39, 0.29) is 5.54 Å². The maximum atomic E-state index is 13.0. The number of nitriles is 1. The van der Waals surface area contributed by atoms with E-state index in [4.69, 9.17) is 10.00 Å². The van der Waals surface area contributed by atoms with Crippen molar-refractivity contribution in [1.82, 2.24) is 9.21 Å². The Balaban J connectivity index is 1.58. The van der Waals surface area contributed by atoms with Gasteiger partial charge in [0.1, 0.15) is 5.75 Å². The number of hydrogen-bond donors (Lipinski definition) is 0. The lowest BCUT2D eigenvalue weighted by Crippen LogP contribution is -2.76. The number of hydrogen-bond acceptors (Lipinski definition) is 5. The Morgan fingerprint density at radius 1 is 1.12 bits per heavy atom. The van der Waals surface area contributed by atoms with Crippen molar-refractivity contribution in [3.63, 3.8) is 0 Å². The summed E-state index contributed by atoms with van der Waals surface area (Å²) in [6.07, 6.45) is 2.88. The average molecular weight is 369 g/mol. The van der Waals surface area contributed by atoms with Gasteiger partial charge in [-0.3, -0.25) is 0 Å². The van der Waals surface area contributed by atoms with Crippen molar-refractivity contribution in [2.24, 2.45) is 0 Å². The van der Waals surface area contributed by atoms with Gasteiger partial charge in [0.15, 0.2) is 6.19 Å². The van der Waals surface area contributed by atoms with E-state index in [1.807, 2.05) is 36.4 Å². The molecule has 4 rings (SSSR count). The minimum Gasteiger partial charge on any atom is -0.497 e. The molecule has 2 fully saturated rings. The Bertz CT molecular complexity index is 974. The van der Waals surface area contributed by atoms with Crippen molar-refractivity contribution >= 4 is 10.0 Å². The Morgan fingerprint density at radius 2 is 1.85 bits per heavy atom. The van der Waals surface area contributed by atoms with Crippen molar-refractivity contribution in [2.45, 2.75) is 16.9 Å². The van der Waals surface area contributed by atoms with Gasteiger partial charge >= 0.3 is 0 Å². The second-order valence-corrected chi connectivity index (χ2v) is 8.63. The lowest BCUT2D eigenvalue weighted by atomic mass is 9.80. The molecule has 2 aromatic carbocycles. The van der Waals surface area contributed by atoms with Crippen LogP contribution in [0.2, 0.25) is 0 Å². The fourth-order valence-electron chi connectivity index (χ4n) is 3.69. The van der Waals surface area contributed by atoms with E-state index < -0.39 is 10.0 Å². The third-order valence-electron chi connectivity index (χ3n) is 5.27. The van der Waals surface area contributed by atoms with Gasteiger partial charge in [-0.25, -0.2) is 8.42 Å². The second-order valence-electron chi connectivity index (χ2n) is 6.76. The van der Waals surface area contributed by atoms with Crippen LogP contribution in [-0.2, 0) is 10.0 Å². The molecule has 2 aliphatic heterocycles. The van der Waals surface area contributed by atoms with Crippen LogP contribution in [0.15, 0.2) is 53.4 Å². The summed E-state index contributed by atoms with van der Waals surface area (Å²) in [5.41, 5.74) is 1.51. The summed E-state index contributed by atoms with van der Waals surface area (Å²) in [5.74, 6) is 0.758. The first-order chi connectivity index (χ1) is 12.5. The molecule has 0 aliphatic carbocycles. The molecule has 0 unspecified atom stereocenters. The molecule has 0 N–H and O–H groups in total. The van der Waals surface area contributed by atoms with Crippen molar-refractivity contribution < 1.29 is 13.2 Å². The van der Waals surface area contributed by atoms with Crippen LogP contribution in [0.1, 0.15) is 6.42 Å². The number of nitrogens with zero attached hydrogens (tertiary/aromatic N) is 3. The number of likely N-dealkylation sites (tertiary alicyclic amines) is 1. The summed E-state index contributed by atoms with van der Waals surface area (Å²) in [6.45, 7) is 1.49. The van der Waals surface area contributed by atoms with Gasteiger partial charge in [0.25, 0.3) is 0 Å². The Kier molecular flexibility index (Phi) is 3.90. The normalized spacial score (nSPS) is 18.7. The van der Waals surface area contributed by atoms with Gasteiger partial charge < -0.3 is 9.64 Å². The zero-order valence-corrected chi connectivity index (χ0v) is 15.2. The van der Waals surface area contributed by atoms with Crippen LogP contribution in [0.4, 0.5) is 0 Å². The summed E-state index contributed by atoms with van der Waals surface area (Å²) in [5, 5.41) is 8.92. The molecule has 0 atom stereocenters. The van der Waals surface area contributed by atoms with E-state index in [9.17, 15) is 8.42 Å². The van der Waals surface area contributed by atoms with Crippen molar-refractivity contribution in [1.29, 1.82) is 5.26 Å². The van der Waals surface area contributed by atoms with Crippen molar-refractivity contribution in [3.05, 3.63) is 48.5 Å². The predicted molar refractivity (Wildman–Crippen MR) is 96.9 cm³/mol. The molecule has 2 saturated heterocycles. The molecule has 2 aromatic rings. The smallest absolute Gasteiger partial charge is 0.243 e. The predicted octanol–water partition coefficient (Wildman–Crippen LogP) is 2.29. The number of benzene rings is 2. The van der Waals surface area contributed by atoms with Gasteiger partial charge in [0.2, 0.25) is 10.0 Å². The summed E-state index contributed by atoms with van der Waals surface area (Å²) >= 11 is 0. The SMILES string of the molecule is COc1cccc(-c2ccc(S(=O)(=O)N3CCC34CN(C#N)C4)cc2)c1. The fourth-order valence-corrected chi connectivity index (χ4v) is 5.48. The molecule has 26 heavy (non-hydrogen) atoms. The molecule has 1 spiro atoms. The van der Waals surface area contributed by atoms with E-state index in [1.165, 1.54) is 0 Å². The Labute approximate surface area is 153 Å². The van der Waals surface area contributed by atoms with E-state index in [0.717, 1.165) is 23.3 Å². The first-order valence-corrected chi connectivity index (χ1v) is 9.85. The summed E-state index contributed by atoms with van der Waals surface area (Å²) < 4.78 is 32.7. The van der Waals surface area contributed by atoms with Crippen LogP contribution in [-0.4, -0.2) is 49.9 Å². The molecule has 0 radical (unpaired) electrons. The van der Waals surface area contributed by atoms with Crippen LogP contribution in [0.5, 0.6) is 5.75 Å². The Morgan fingerprint density at radius 3 is 2.42 bits per heavy atom. The number of rotatable bonds is 4. The molecular formula is C19H19N3O3S. The summed E-state index contributed by atoms with van der Waals surface area (Å²) in [6, 6.07) is 14.6. The quantitative estimate of drug-likeness (QED) is 0.773. The van der Waals surface area contributed by atoms with E-state index >= 15 is 0 Å². The highest BCUT2D eigenvalue weighted by atomic mass is 32.2. The minimum atomic E-state index is -3.54. The minimum absolute atomic E-state index is 0.290. The Hall–Kier alpha value is -2.56. The van der Waals surface area contributed by atoms with Gasteiger partial charge in [-0.1, -0.05) is 24.3 Å². The molecule has 2 heterocycles. The van der Waals surface area contributed by atoms with Gasteiger partial charge in [-0.05, 0) is 41.8 Å². The van der Waals surface area contributed by atoms with Crippen LogP contribution in [0.25, 0.3) is 11.1 Å². The zero-order valence-electron chi connectivity index (χ0n) is 14.4. The maximum Gasteiger partial charge on any atom is 0.243 e. The van der Waals surface area contributed by atoms with E-state index in [1.54, 1.807) is 28.4 Å². The van der Waals surface area contributed by atoms with E-state index in [2.05, 4.69) is 6.19 Å². The second kappa shape index (κ2) is 6.01. The van der Waals surface area contributed by atoms with Gasteiger partial charge in [0.05, 0.1) is 17.5 Å². The van der Waals surface area contributed by atoms with Gasteiger partial charge in [-0.2, -0.15) is 9.57 Å². The fraction of sp³-hybridized carbons (Fsp3) is 0.316. The maximum absolute atomic E-state index is 13.0. The molecular weight excluding hydrogens is 350 g/mol. The van der Waals surface area contributed by atoms with Crippen LogP contribution in [0, 0.1) is 11.5 Å². The van der Waals surface area contributed by atoms with Crippen molar-refractivity contribution in [3.8, 4) is 23.1 Å². The molecule has 0 bridgehead atoms. The highest BCUT2D eigenvalue weighted by Crippen LogP contribution is 2.42.